The molecule has 0 aromatic heterocycles. The number of hydrogen-bond donors (Lipinski definition) is 0. The first-order chi connectivity index (χ1) is 5.46. The van der Waals surface area contributed by atoms with Crippen molar-refractivity contribution in [2.24, 2.45) is 0 Å². The largest absolute Gasteiger partial charge is 0.441 e. The molecule has 0 aliphatic carbocycles. The monoisotopic (exact) mass is 171 g/mol. The first kappa shape index (κ1) is 9.03. The van der Waals surface area contributed by atoms with Crippen LogP contribution in [-0.2, 0) is 9.53 Å². The van der Waals surface area contributed by atoms with Crippen molar-refractivity contribution >= 4 is 12.0 Å². The van der Waals surface area contributed by atoms with Crippen LogP contribution < -0.4 is 0 Å². The van der Waals surface area contributed by atoms with Gasteiger partial charge in [0.05, 0.1) is 6.54 Å². The van der Waals surface area contributed by atoms with E-state index in [4.69, 9.17) is 4.74 Å². The van der Waals surface area contributed by atoms with Gasteiger partial charge in [-0.2, -0.15) is 0 Å². The van der Waals surface area contributed by atoms with E-state index in [0.29, 0.717) is 13.0 Å². The van der Waals surface area contributed by atoms with Gasteiger partial charge in [0.2, 0.25) is 5.91 Å². The average molecular weight is 171 g/mol. The fraction of sp³-hybridized carbons (Fsp3) is 0.750. The molecular formula is C8H13NO3. The lowest BCUT2D eigenvalue weighted by molar-refractivity contribution is -0.127. The van der Waals surface area contributed by atoms with Gasteiger partial charge < -0.3 is 4.74 Å². The van der Waals surface area contributed by atoms with Crippen molar-refractivity contribution in [3.05, 3.63) is 0 Å². The Morgan fingerprint density at radius 1 is 1.67 bits per heavy atom. The number of nitrogens with zero attached hydrogens (tertiary/aromatic N) is 1. The van der Waals surface area contributed by atoms with Crippen LogP contribution in [0.4, 0.5) is 4.79 Å². The normalized spacial score (nSPS) is 20.9. The zero-order valence-electron chi connectivity index (χ0n) is 7.59. The maximum absolute atomic E-state index is 11.1. The Kier molecular flexibility index (Phi) is 2.08. The summed E-state index contributed by atoms with van der Waals surface area (Å²) in [5.74, 6) is -0.175. The molecule has 0 radical (unpaired) electrons. The molecule has 1 heterocycles. The van der Waals surface area contributed by atoms with Crippen molar-refractivity contribution in [2.45, 2.75) is 32.8 Å². The van der Waals surface area contributed by atoms with Gasteiger partial charge >= 0.3 is 6.09 Å². The summed E-state index contributed by atoms with van der Waals surface area (Å²) in [6.45, 7) is 5.65. The number of hydrogen-bond acceptors (Lipinski definition) is 3. The maximum atomic E-state index is 11.1. The van der Waals surface area contributed by atoms with E-state index >= 15 is 0 Å². The molecule has 0 atom stereocenters. The molecule has 0 aromatic carbocycles. The minimum atomic E-state index is -0.526. The topological polar surface area (TPSA) is 46.6 Å². The van der Waals surface area contributed by atoms with E-state index in [9.17, 15) is 9.59 Å². The predicted molar refractivity (Wildman–Crippen MR) is 42.6 cm³/mol. The summed E-state index contributed by atoms with van der Waals surface area (Å²) in [6, 6.07) is 0. The Hall–Kier alpha value is -1.06. The van der Waals surface area contributed by atoms with Crippen molar-refractivity contribution in [1.82, 2.24) is 4.90 Å². The van der Waals surface area contributed by atoms with E-state index in [1.807, 2.05) is 0 Å². The number of amides is 2. The second-order valence-corrected chi connectivity index (χ2v) is 3.46. The van der Waals surface area contributed by atoms with E-state index < -0.39 is 11.7 Å². The van der Waals surface area contributed by atoms with Crippen molar-refractivity contribution in [2.75, 3.05) is 6.54 Å². The van der Waals surface area contributed by atoms with Gasteiger partial charge in [-0.1, -0.05) is 6.92 Å². The number of carbonyl (C=O) groups excluding carboxylic acids is 2. The summed E-state index contributed by atoms with van der Waals surface area (Å²) >= 11 is 0. The molecule has 1 aliphatic heterocycles. The molecule has 1 fully saturated rings. The Bertz CT molecular complexity index is 222. The molecule has 1 saturated heterocycles. The minimum Gasteiger partial charge on any atom is -0.441 e. The summed E-state index contributed by atoms with van der Waals surface area (Å²) in [6.07, 6.45) is -0.183. The Morgan fingerprint density at radius 2 is 2.25 bits per heavy atom. The van der Waals surface area contributed by atoms with E-state index in [0.717, 1.165) is 4.90 Å². The van der Waals surface area contributed by atoms with Crippen LogP contribution in [-0.4, -0.2) is 29.0 Å². The fourth-order valence-electron chi connectivity index (χ4n) is 1.15. The smallest absolute Gasteiger partial charge is 0.417 e. The first-order valence-corrected chi connectivity index (χ1v) is 3.99. The molecule has 4 heteroatoms. The van der Waals surface area contributed by atoms with E-state index in [-0.39, 0.29) is 5.91 Å². The summed E-state index contributed by atoms with van der Waals surface area (Å²) in [5, 5.41) is 0. The minimum absolute atomic E-state index is 0.175. The van der Waals surface area contributed by atoms with Gasteiger partial charge in [0.1, 0.15) is 5.60 Å². The number of cyclic esters (lactones) is 1. The lowest BCUT2D eigenvalue weighted by Gasteiger charge is -2.13. The van der Waals surface area contributed by atoms with Crippen molar-refractivity contribution in [3.8, 4) is 0 Å². The third-order valence-electron chi connectivity index (χ3n) is 1.73. The Balaban J connectivity index is 2.71. The molecular weight excluding hydrogens is 158 g/mol. The highest BCUT2D eigenvalue weighted by atomic mass is 16.6. The van der Waals surface area contributed by atoms with Crippen LogP contribution in [0.2, 0.25) is 0 Å². The summed E-state index contributed by atoms with van der Waals surface area (Å²) in [5.41, 5.74) is -0.526. The van der Waals surface area contributed by atoms with Crippen LogP contribution in [0.5, 0.6) is 0 Å². The van der Waals surface area contributed by atoms with Gasteiger partial charge in [-0.05, 0) is 13.8 Å². The molecule has 2 amide bonds. The average Bonchev–Trinajstić information content (AvgIpc) is 2.23. The molecule has 0 unspecified atom stereocenters. The second-order valence-electron chi connectivity index (χ2n) is 3.46. The highest BCUT2D eigenvalue weighted by Gasteiger charge is 2.40. The van der Waals surface area contributed by atoms with Gasteiger partial charge in [-0.15, -0.1) is 0 Å². The van der Waals surface area contributed by atoms with Crippen LogP contribution in [0.15, 0.2) is 0 Å². The quantitative estimate of drug-likeness (QED) is 0.594. The van der Waals surface area contributed by atoms with Gasteiger partial charge in [0.25, 0.3) is 0 Å². The summed E-state index contributed by atoms with van der Waals surface area (Å²) < 4.78 is 4.95. The standard InChI is InChI=1S/C8H13NO3/c1-4-6(10)9-5-8(2,3)12-7(9)11/h4-5H2,1-3H3. The fourth-order valence-corrected chi connectivity index (χ4v) is 1.15. The molecule has 0 aromatic rings. The molecule has 1 rings (SSSR count). The third kappa shape index (κ3) is 1.57. The molecule has 0 spiro atoms. The zero-order valence-corrected chi connectivity index (χ0v) is 7.59. The van der Waals surface area contributed by atoms with E-state index in [2.05, 4.69) is 0 Å². The first-order valence-electron chi connectivity index (χ1n) is 3.99. The van der Waals surface area contributed by atoms with E-state index in [1.54, 1.807) is 20.8 Å². The lowest BCUT2D eigenvalue weighted by Crippen LogP contribution is -2.33. The molecule has 68 valence electrons. The molecule has 0 bridgehead atoms. The molecule has 1 aliphatic rings. The third-order valence-corrected chi connectivity index (χ3v) is 1.73. The Morgan fingerprint density at radius 3 is 2.58 bits per heavy atom. The van der Waals surface area contributed by atoms with Crippen LogP contribution in [0.1, 0.15) is 27.2 Å². The maximum Gasteiger partial charge on any atom is 0.417 e. The van der Waals surface area contributed by atoms with Crippen molar-refractivity contribution in [3.63, 3.8) is 0 Å². The molecule has 12 heavy (non-hydrogen) atoms. The van der Waals surface area contributed by atoms with Gasteiger partial charge in [0, 0.05) is 6.42 Å². The van der Waals surface area contributed by atoms with Crippen molar-refractivity contribution in [1.29, 1.82) is 0 Å². The summed E-state index contributed by atoms with van der Waals surface area (Å²) in [4.78, 5) is 23.4. The number of imide groups is 1. The second kappa shape index (κ2) is 2.77. The predicted octanol–water partition coefficient (Wildman–Crippen LogP) is 1.15. The SMILES string of the molecule is CCC(=O)N1CC(C)(C)OC1=O. The van der Waals surface area contributed by atoms with Crippen LogP contribution >= 0.6 is 0 Å². The number of carbonyl (C=O) groups is 2. The van der Waals surface area contributed by atoms with Gasteiger partial charge in [-0.25, -0.2) is 9.69 Å². The summed E-state index contributed by atoms with van der Waals surface area (Å²) in [7, 11) is 0. The van der Waals surface area contributed by atoms with Crippen LogP contribution in [0, 0.1) is 0 Å². The number of ether oxygens (including phenoxy) is 1. The van der Waals surface area contributed by atoms with Crippen LogP contribution in [0.25, 0.3) is 0 Å². The molecule has 0 N–H and O–H groups in total. The molecule has 0 saturated carbocycles. The van der Waals surface area contributed by atoms with E-state index in [1.165, 1.54) is 0 Å². The lowest BCUT2D eigenvalue weighted by atomic mass is 10.1. The highest BCUT2D eigenvalue weighted by Crippen LogP contribution is 2.21. The number of rotatable bonds is 1. The van der Waals surface area contributed by atoms with Crippen molar-refractivity contribution < 1.29 is 14.3 Å². The van der Waals surface area contributed by atoms with Gasteiger partial charge in [0.15, 0.2) is 0 Å². The Labute approximate surface area is 71.5 Å². The molecule has 4 nitrogen and oxygen atoms in total. The highest BCUT2D eigenvalue weighted by molar-refractivity contribution is 5.93. The zero-order chi connectivity index (χ0) is 9.35. The van der Waals surface area contributed by atoms with Crippen LogP contribution in [0.3, 0.4) is 0 Å². The van der Waals surface area contributed by atoms with Gasteiger partial charge in [-0.3, -0.25) is 4.79 Å².